The molecular weight excluding hydrogens is 349 g/mol. The molecule has 0 aliphatic heterocycles. The molecule has 1 N–H and O–H groups in total. The lowest BCUT2D eigenvalue weighted by Crippen LogP contribution is -2.34. The highest BCUT2D eigenvalue weighted by molar-refractivity contribution is 5.89. The van der Waals surface area contributed by atoms with E-state index in [0.717, 1.165) is 4.57 Å². The zero-order chi connectivity index (χ0) is 18.5. The lowest BCUT2D eigenvalue weighted by Gasteiger charge is -2.10. The van der Waals surface area contributed by atoms with Crippen LogP contribution in [0.4, 0.5) is 13.2 Å². The van der Waals surface area contributed by atoms with E-state index in [1.807, 2.05) is 0 Å². The number of benzene rings is 1. The maximum absolute atomic E-state index is 12.9. The van der Waals surface area contributed by atoms with Gasteiger partial charge in [-0.3, -0.25) is 14.8 Å². The van der Waals surface area contributed by atoms with Crippen molar-refractivity contribution in [3.8, 4) is 5.69 Å². The predicted octanol–water partition coefficient (Wildman–Crippen LogP) is 2.64. The molecule has 0 unspecified atom stereocenters. The highest BCUT2D eigenvalue weighted by Crippen LogP contribution is 2.29. The van der Waals surface area contributed by atoms with Crippen molar-refractivity contribution in [1.29, 1.82) is 0 Å². The molecule has 4 rings (SSSR count). The normalized spacial score (nSPS) is 12.0. The van der Waals surface area contributed by atoms with Gasteiger partial charge in [-0.25, -0.2) is 14.3 Å². The monoisotopic (exact) mass is 358 g/mol. The van der Waals surface area contributed by atoms with Crippen LogP contribution in [0.5, 0.6) is 0 Å². The first-order valence-corrected chi connectivity index (χ1v) is 7.41. The van der Waals surface area contributed by atoms with E-state index in [1.165, 1.54) is 6.20 Å². The maximum Gasteiger partial charge on any atom is 0.417 e. The Morgan fingerprint density at radius 3 is 2.54 bits per heavy atom. The standard InChI is InChI=1S/C17H9F3N4O2/c18-17(19,20)10-5-12-14(22-7-10)23-16(26)24(15(12)25)13-8-21-6-9-3-1-2-4-11(9)13/h1-8H,(H,22,23,26). The molecule has 0 atom stereocenters. The number of hydrogen-bond donors (Lipinski definition) is 1. The molecule has 1 aromatic carbocycles. The number of hydrogen-bond acceptors (Lipinski definition) is 4. The zero-order valence-corrected chi connectivity index (χ0v) is 12.9. The Morgan fingerprint density at radius 2 is 1.77 bits per heavy atom. The van der Waals surface area contributed by atoms with Gasteiger partial charge in [0.05, 0.1) is 22.8 Å². The van der Waals surface area contributed by atoms with Crippen LogP contribution in [0.15, 0.2) is 58.5 Å². The van der Waals surface area contributed by atoms with Crippen LogP contribution in [0.25, 0.3) is 27.5 Å². The molecule has 0 radical (unpaired) electrons. The third kappa shape index (κ3) is 2.44. The van der Waals surface area contributed by atoms with E-state index in [1.54, 1.807) is 30.5 Å². The molecule has 3 heterocycles. The summed E-state index contributed by atoms with van der Waals surface area (Å²) in [6, 6.07) is 7.59. The van der Waals surface area contributed by atoms with Gasteiger partial charge >= 0.3 is 11.9 Å². The second kappa shape index (κ2) is 5.51. The predicted molar refractivity (Wildman–Crippen MR) is 88.3 cm³/mol. The van der Waals surface area contributed by atoms with Gasteiger partial charge in [-0.15, -0.1) is 0 Å². The lowest BCUT2D eigenvalue weighted by atomic mass is 10.1. The average molecular weight is 358 g/mol. The minimum absolute atomic E-state index is 0.175. The third-order valence-electron chi connectivity index (χ3n) is 3.97. The summed E-state index contributed by atoms with van der Waals surface area (Å²) in [7, 11) is 0. The van der Waals surface area contributed by atoms with Gasteiger partial charge < -0.3 is 0 Å². The summed E-state index contributed by atoms with van der Waals surface area (Å²) in [5.74, 6) is 0. The van der Waals surface area contributed by atoms with Crippen LogP contribution in [-0.4, -0.2) is 19.5 Å². The number of H-pyrrole nitrogens is 1. The summed E-state index contributed by atoms with van der Waals surface area (Å²) in [5, 5.41) is 0.903. The molecule has 0 amide bonds. The number of fused-ring (bicyclic) bond motifs is 2. The number of rotatable bonds is 1. The number of aromatic amines is 1. The molecule has 4 aromatic rings. The molecular formula is C17H9F3N4O2. The van der Waals surface area contributed by atoms with E-state index in [0.29, 0.717) is 23.0 Å². The van der Waals surface area contributed by atoms with E-state index < -0.39 is 23.0 Å². The number of alkyl halides is 3. The van der Waals surface area contributed by atoms with Crippen molar-refractivity contribution in [1.82, 2.24) is 19.5 Å². The van der Waals surface area contributed by atoms with E-state index in [9.17, 15) is 22.8 Å². The number of aromatic nitrogens is 4. The second-order valence-electron chi connectivity index (χ2n) is 5.57. The number of pyridine rings is 2. The Bertz CT molecular complexity index is 1270. The minimum atomic E-state index is -4.66. The third-order valence-corrected chi connectivity index (χ3v) is 3.97. The van der Waals surface area contributed by atoms with Gasteiger partial charge in [-0.05, 0) is 6.07 Å². The summed E-state index contributed by atoms with van der Waals surface area (Å²) in [6.07, 6.45) is -1.22. The van der Waals surface area contributed by atoms with Crippen LogP contribution in [0.3, 0.4) is 0 Å². The van der Waals surface area contributed by atoms with Crippen LogP contribution in [0.2, 0.25) is 0 Å². The fourth-order valence-electron chi connectivity index (χ4n) is 2.75. The van der Waals surface area contributed by atoms with Gasteiger partial charge in [-0.1, -0.05) is 24.3 Å². The Balaban J connectivity index is 2.10. The van der Waals surface area contributed by atoms with Gasteiger partial charge in [0.2, 0.25) is 0 Å². The lowest BCUT2D eigenvalue weighted by molar-refractivity contribution is -0.137. The van der Waals surface area contributed by atoms with Gasteiger partial charge in [0.1, 0.15) is 5.65 Å². The Kier molecular flexibility index (Phi) is 3.39. The fourth-order valence-corrected chi connectivity index (χ4v) is 2.75. The molecule has 0 aliphatic rings. The first-order valence-electron chi connectivity index (χ1n) is 7.41. The Labute approximate surface area is 142 Å². The number of halogens is 3. The number of nitrogens with one attached hydrogen (secondary N) is 1. The smallest absolute Gasteiger partial charge is 0.291 e. The molecule has 26 heavy (non-hydrogen) atoms. The van der Waals surface area contributed by atoms with Crippen molar-refractivity contribution >= 4 is 21.8 Å². The SMILES string of the molecule is O=c1[nH]c2ncc(C(F)(F)F)cc2c(=O)n1-c1cncc2ccccc12. The van der Waals surface area contributed by atoms with Gasteiger partial charge in [0.25, 0.3) is 5.56 Å². The molecule has 0 saturated heterocycles. The molecule has 9 heteroatoms. The summed E-state index contributed by atoms with van der Waals surface area (Å²) in [5.41, 5.74) is -2.82. The van der Waals surface area contributed by atoms with Crippen LogP contribution in [0.1, 0.15) is 5.56 Å². The topological polar surface area (TPSA) is 80.6 Å². The van der Waals surface area contributed by atoms with Crippen molar-refractivity contribution in [2.24, 2.45) is 0 Å². The van der Waals surface area contributed by atoms with E-state index >= 15 is 0 Å². The van der Waals surface area contributed by atoms with Crippen molar-refractivity contribution in [2.75, 3.05) is 0 Å². The molecule has 0 fully saturated rings. The van der Waals surface area contributed by atoms with Crippen LogP contribution in [0, 0.1) is 0 Å². The molecule has 130 valence electrons. The maximum atomic E-state index is 12.9. The minimum Gasteiger partial charge on any atom is -0.291 e. The van der Waals surface area contributed by atoms with Crippen molar-refractivity contribution in [2.45, 2.75) is 6.18 Å². The summed E-state index contributed by atoms with van der Waals surface area (Å²) >= 11 is 0. The van der Waals surface area contributed by atoms with Gasteiger partial charge in [-0.2, -0.15) is 13.2 Å². The van der Waals surface area contributed by atoms with E-state index in [4.69, 9.17) is 0 Å². The first kappa shape index (κ1) is 16.0. The molecule has 0 spiro atoms. The van der Waals surface area contributed by atoms with Gasteiger partial charge in [0.15, 0.2) is 0 Å². The largest absolute Gasteiger partial charge is 0.417 e. The average Bonchev–Trinajstić information content (AvgIpc) is 2.61. The Hall–Kier alpha value is -3.49. The highest BCUT2D eigenvalue weighted by atomic mass is 19.4. The van der Waals surface area contributed by atoms with E-state index in [-0.39, 0.29) is 16.7 Å². The quantitative estimate of drug-likeness (QED) is 0.567. The zero-order valence-electron chi connectivity index (χ0n) is 12.9. The molecule has 0 saturated carbocycles. The second-order valence-corrected chi connectivity index (χ2v) is 5.57. The summed E-state index contributed by atoms with van der Waals surface area (Å²) in [6.45, 7) is 0. The number of nitrogens with zero attached hydrogens (tertiary/aromatic N) is 3. The molecule has 0 bridgehead atoms. The van der Waals surface area contributed by atoms with Crippen molar-refractivity contribution in [3.05, 3.63) is 75.3 Å². The van der Waals surface area contributed by atoms with Crippen LogP contribution >= 0.6 is 0 Å². The highest BCUT2D eigenvalue weighted by Gasteiger charge is 2.31. The van der Waals surface area contributed by atoms with Crippen LogP contribution < -0.4 is 11.2 Å². The molecule has 6 nitrogen and oxygen atoms in total. The summed E-state index contributed by atoms with van der Waals surface area (Å²) < 4.78 is 39.5. The van der Waals surface area contributed by atoms with E-state index in [2.05, 4.69) is 15.0 Å². The fraction of sp³-hybridized carbons (Fsp3) is 0.0588. The molecule has 0 aliphatic carbocycles. The van der Waals surface area contributed by atoms with Crippen molar-refractivity contribution in [3.63, 3.8) is 0 Å². The Morgan fingerprint density at radius 1 is 1.00 bits per heavy atom. The molecule has 3 aromatic heterocycles. The van der Waals surface area contributed by atoms with Crippen LogP contribution in [-0.2, 0) is 6.18 Å². The first-order chi connectivity index (χ1) is 12.4. The summed E-state index contributed by atoms with van der Waals surface area (Å²) in [4.78, 5) is 35.1. The van der Waals surface area contributed by atoms with Crippen molar-refractivity contribution < 1.29 is 13.2 Å². The van der Waals surface area contributed by atoms with Gasteiger partial charge in [0, 0.05) is 23.2 Å².